The zero-order valence-corrected chi connectivity index (χ0v) is 12.8. The maximum Gasteiger partial charge on any atom is 0.126 e. The zero-order chi connectivity index (χ0) is 14.3. The van der Waals surface area contributed by atoms with Crippen LogP contribution >= 0.6 is 22.9 Å². The second-order valence-electron chi connectivity index (χ2n) is 4.77. The molecule has 0 amide bonds. The van der Waals surface area contributed by atoms with Crippen LogP contribution < -0.4 is 5.73 Å². The third kappa shape index (κ3) is 2.32. The van der Waals surface area contributed by atoms with Crippen LogP contribution in [0.3, 0.4) is 0 Å². The van der Waals surface area contributed by atoms with E-state index in [0.717, 1.165) is 26.2 Å². The summed E-state index contributed by atoms with van der Waals surface area (Å²) >= 11 is 7.46. The number of hydrogen-bond donors (Lipinski definition) is 1. The van der Waals surface area contributed by atoms with Crippen molar-refractivity contribution >= 4 is 28.6 Å². The van der Waals surface area contributed by atoms with Gasteiger partial charge in [-0.3, -0.25) is 0 Å². The number of aryl methyl sites for hydroxylation is 2. The van der Waals surface area contributed by atoms with Gasteiger partial charge < -0.3 is 5.73 Å². The summed E-state index contributed by atoms with van der Waals surface area (Å²) in [4.78, 5) is 0.983. The molecule has 1 aromatic carbocycles. The van der Waals surface area contributed by atoms with E-state index in [0.29, 0.717) is 5.69 Å². The summed E-state index contributed by atoms with van der Waals surface area (Å²) in [6.45, 7) is 4.13. The van der Waals surface area contributed by atoms with Gasteiger partial charge in [0.1, 0.15) is 5.69 Å². The lowest BCUT2D eigenvalue weighted by Crippen LogP contribution is -1.98. The molecule has 0 atom stereocenters. The second-order valence-corrected chi connectivity index (χ2v) is 6.49. The Balaban J connectivity index is 2.11. The predicted molar refractivity (Wildman–Crippen MR) is 85.8 cm³/mol. The van der Waals surface area contributed by atoms with Crippen molar-refractivity contribution in [3.05, 3.63) is 52.0 Å². The summed E-state index contributed by atoms with van der Waals surface area (Å²) in [6.07, 6.45) is 1.85. The van der Waals surface area contributed by atoms with Crippen molar-refractivity contribution < 1.29 is 0 Å². The first-order valence-electron chi connectivity index (χ1n) is 6.23. The van der Waals surface area contributed by atoms with Gasteiger partial charge in [-0.25, -0.2) is 4.68 Å². The number of thiophene rings is 1. The number of aromatic nitrogens is 2. The third-order valence-electron chi connectivity index (χ3n) is 3.16. The summed E-state index contributed by atoms with van der Waals surface area (Å²) in [5.74, 6) is 0. The number of nitrogen functional groups attached to an aromatic ring is 1. The molecule has 102 valence electrons. The lowest BCUT2D eigenvalue weighted by atomic mass is 10.1. The van der Waals surface area contributed by atoms with E-state index in [-0.39, 0.29) is 0 Å². The Kier molecular flexibility index (Phi) is 3.28. The first-order valence-corrected chi connectivity index (χ1v) is 7.42. The molecule has 3 nitrogen and oxygen atoms in total. The Bertz CT molecular complexity index is 773. The summed E-state index contributed by atoms with van der Waals surface area (Å²) in [6, 6.07) is 10.1. The van der Waals surface area contributed by atoms with Crippen molar-refractivity contribution in [3.63, 3.8) is 0 Å². The van der Waals surface area contributed by atoms with Crippen LogP contribution in [0.25, 0.3) is 16.3 Å². The fraction of sp³-hybridized carbons (Fsp3) is 0.133. The summed E-state index contributed by atoms with van der Waals surface area (Å²) < 4.78 is 2.57. The highest BCUT2D eigenvalue weighted by molar-refractivity contribution is 7.19. The van der Waals surface area contributed by atoms with Crippen molar-refractivity contribution in [1.29, 1.82) is 0 Å². The molecule has 0 saturated heterocycles. The highest BCUT2D eigenvalue weighted by atomic mass is 35.5. The molecule has 5 heteroatoms. The van der Waals surface area contributed by atoms with Gasteiger partial charge >= 0.3 is 0 Å². The molecule has 0 aliphatic carbocycles. The van der Waals surface area contributed by atoms with Crippen molar-refractivity contribution in [2.24, 2.45) is 0 Å². The normalized spacial score (nSPS) is 10.9. The highest BCUT2D eigenvalue weighted by Gasteiger charge is 2.12. The van der Waals surface area contributed by atoms with Crippen LogP contribution in [0.2, 0.25) is 4.34 Å². The average Bonchev–Trinajstić information content (AvgIpc) is 2.98. The number of benzene rings is 1. The molecule has 20 heavy (non-hydrogen) atoms. The van der Waals surface area contributed by atoms with Crippen LogP contribution in [0.4, 0.5) is 5.69 Å². The molecule has 0 aliphatic heterocycles. The monoisotopic (exact) mass is 303 g/mol. The molecule has 0 aliphatic rings. The zero-order valence-electron chi connectivity index (χ0n) is 11.2. The number of nitrogens with two attached hydrogens (primary N) is 1. The largest absolute Gasteiger partial charge is 0.396 e. The van der Waals surface area contributed by atoms with Crippen LogP contribution in [-0.2, 0) is 0 Å². The van der Waals surface area contributed by atoms with Gasteiger partial charge in [0.15, 0.2) is 0 Å². The molecular formula is C15H14ClN3S. The number of anilines is 1. The minimum absolute atomic E-state index is 0.657. The van der Waals surface area contributed by atoms with Crippen LogP contribution in [0.1, 0.15) is 11.1 Å². The van der Waals surface area contributed by atoms with Crippen LogP contribution in [-0.4, -0.2) is 9.78 Å². The van der Waals surface area contributed by atoms with Gasteiger partial charge in [0.05, 0.1) is 26.8 Å². The van der Waals surface area contributed by atoms with Gasteiger partial charge in [0, 0.05) is 0 Å². The first kappa shape index (κ1) is 13.2. The minimum atomic E-state index is 0.657. The first-order chi connectivity index (χ1) is 9.54. The number of hydrogen-bond acceptors (Lipinski definition) is 3. The van der Waals surface area contributed by atoms with Crippen molar-refractivity contribution in [1.82, 2.24) is 9.78 Å². The molecule has 2 aromatic heterocycles. The van der Waals surface area contributed by atoms with Crippen molar-refractivity contribution in [2.45, 2.75) is 13.8 Å². The van der Waals surface area contributed by atoms with E-state index >= 15 is 0 Å². The number of halogens is 1. The molecule has 0 bridgehead atoms. The van der Waals surface area contributed by atoms with E-state index < -0.39 is 0 Å². The molecule has 0 spiro atoms. The fourth-order valence-electron chi connectivity index (χ4n) is 2.11. The molecule has 3 rings (SSSR count). The summed E-state index contributed by atoms with van der Waals surface area (Å²) in [5.41, 5.74) is 10.9. The average molecular weight is 304 g/mol. The molecular weight excluding hydrogens is 290 g/mol. The Hall–Kier alpha value is -1.78. The Morgan fingerprint density at radius 3 is 2.70 bits per heavy atom. The van der Waals surface area contributed by atoms with Crippen molar-refractivity contribution in [3.8, 4) is 16.3 Å². The van der Waals surface area contributed by atoms with Crippen LogP contribution in [0.5, 0.6) is 0 Å². The Labute approximate surface area is 126 Å². The SMILES string of the molecule is Cc1ccc(C)c(-n2cc(N)c(-c3ccc(Cl)s3)n2)c1. The van der Waals surface area contributed by atoms with Gasteiger partial charge in [-0.2, -0.15) is 5.10 Å². The van der Waals surface area contributed by atoms with Crippen LogP contribution in [0, 0.1) is 13.8 Å². The lowest BCUT2D eigenvalue weighted by Gasteiger charge is -2.06. The van der Waals surface area contributed by atoms with E-state index in [9.17, 15) is 0 Å². The molecule has 3 aromatic rings. The Morgan fingerprint density at radius 2 is 2.00 bits per heavy atom. The quantitative estimate of drug-likeness (QED) is 0.760. The standard InChI is InChI=1S/C15H14ClN3S/c1-9-3-4-10(2)12(7-9)19-8-11(17)15(18-19)13-5-6-14(16)20-13/h3-8H,17H2,1-2H3. The summed E-state index contributed by atoms with van der Waals surface area (Å²) in [5, 5.41) is 4.61. The van der Waals surface area contributed by atoms with Gasteiger partial charge in [-0.05, 0) is 43.2 Å². The van der Waals surface area contributed by atoms with E-state index in [1.54, 1.807) is 0 Å². The third-order valence-corrected chi connectivity index (χ3v) is 4.40. The summed E-state index contributed by atoms with van der Waals surface area (Å²) in [7, 11) is 0. The number of rotatable bonds is 2. The molecule has 2 N–H and O–H groups in total. The fourth-order valence-corrected chi connectivity index (χ4v) is 3.16. The van der Waals surface area contributed by atoms with Crippen molar-refractivity contribution in [2.75, 3.05) is 5.73 Å². The van der Waals surface area contributed by atoms with Gasteiger partial charge in [0.25, 0.3) is 0 Å². The maximum absolute atomic E-state index is 6.09. The van der Waals surface area contributed by atoms with Gasteiger partial charge in [-0.1, -0.05) is 23.7 Å². The molecule has 2 heterocycles. The lowest BCUT2D eigenvalue weighted by molar-refractivity contribution is 0.876. The smallest absolute Gasteiger partial charge is 0.126 e. The molecule has 0 radical (unpaired) electrons. The second kappa shape index (κ2) is 4.96. The number of nitrogens with zero attached hydrogens (tertiary/aromatic N) is 2. The van der Waals surface area contributed by atoms with E-state index in [1.165, 1.54) is 16.9 Å². The van der Waals surface area contributed by atoms with E-state index in [2.05, 4.69) is 37.1 Å². The molecule has 0 saturated carbocycles. The minimum Gasteiger partial charge on any atom is -0.396 e. The highest BCUT2D eigenvalue weighted by Crippen LogP contribution is 2.34. The topological polar surface area (TPSA) is 43.8 Å². The molecule has 0 fully saturated rings. The molecule has 0 unspecified atom stereocenters. The van der Waals surface area contributed by atoms with Gasteiger partial charge in [0.2, 0.25) is 0 Å². The van der Waals surface area contributed by atoms with Crippen LogP contribution in [0.15, 0.2) is 36.5 Å². The van der Waals surface area contributed by atoms with E-state index in [1.807, 2.05) is 23.0 Å². The van der Waals surface area contributed by atoms with E-state index in [4.69, 9.17) is 17.3 Å². The van der Waals surface area contributed by atoms with Gasteiger partial charge in [-0.15, -0.1) is 11.3 Å². The predicted octanol–water partition coefficient (Wildman–Crippen LogP) is 4.45. The Morgan fingerprint density at radius 1 is 1.20 bits per heavy atom. The maximum atomic E-state index is 6.09.